The number of carbonyl (C=O) groups is 2. The molecule has 2 rings (SSSR count). The number of nitrogens with zero attached hydrogens (tertiary/aromatic N) is 3. The highest BCUT2D eigenvalue weighted by molar-refractivity contribution is 5.76. The summed E-state index contributed by atoms with van der Waals surface area (Å²) >= 11 is 0. The molecule has 0 spiro atoms. The summed E-state index contributed by atoms with van der Waals surface area (Å²) in [5.41, 5.74) is 0. The first-order valence-electron chi connectivity index (χ1n) is 7.23. The predicted octanol–water partition coefficient (Wildman–Crippen LogP) is 1.17. The fraction of sp³-hybridized carbons (Fsp3) is 0.643. The highest BCUT2D eigenvalue weighted by atomic mass is 16.4. The van der Waals surface area contributed by atoms with Gasteiger partial charge in [-0.25, -0.2) is 9.78 Å². The molecule has 1 aromatic heterocycles. The number of likely N-dealkylation sites (tertiary alicyclic amines) is 1. The van der Waals surface area contributed by atoms with Crippen LogP contribution in [-0.2, 0) is 11.3 Å². The number of carbonyl (C=O) groups excluding carboxylic acids is 1. The Hall–Kier alpha value is -2.05. The van der Waals surface area contributed by atoms with E-state index >= 15 is 0 Å². The van der Waals surface area contributed by atoms with E-state index in [1.165, 1.54) is 0 Å². The summed E-state index contributed by atoms with van der Waals surface area (Å²) in [5.74, 6) is -1.11. The average Bonchev–Trinajstić information content (AvgIpc) is 2.90. The largest absolute Gasteiger partial charge is 0.481 e. The zero-order valence-electron chi connectivity index (χ0n) is 12.4. The first kappa shape index (κ1) is 15.3. The van der Waals surface area contributed by atoms with Gasteiger partial charge in [-0.3, -0.25) is 4.79 Å². The lowest BCUT2D eigenvalue weighted by Gasteiger charge is -2.36. The van der Waals surface area contributed by atoms with Crippen molar-refractivity contribution in [3.8, 4) is 0 Å². The topological polar surface area (TPSA) is 87.5 Å². The number of hydrogen-bond donors (Lipinski definition) is 2. The van der Waals surface area contributed by atoms with E-state index in [0.717, 1.165) is 0 Å². The Morgan fingerprint density at radius 3 is 2.86 bits per heavy atom. The molecule has 1 saturated heterocycles. The number of nitrogens with one attached hydrogen (secondary N) is 1. The van der Waals surface area contributed by atoms with Gasteiger partial charge in [0, 0.05) is 37.6 Å². The molecule has 0 aromatic carbocycles. The fourth-order valence-electron chi connectivity index (χ4n) is 2.75. The second-order valence-corrected chi connectivity index (χ2v) is 5.71. The lowest BCUT2D eigenvalue weighted by molar-refractivity contribution is -0.143. The lowest BCUT2D eigenvalue weighted by Crippen LogP contribution is -2.52. The Kier molecular flexibility index (Phi) is 4.82. The summed E-state index contributed by atoms with van der Waals surface area (Å²) in [5, 5.41) is 12.0. The number of aromatic nitrogens is 2. The first-order valence-corrected chi connectivity index (χ1v) is 7.23. The van der Waals surface area contributed by atoms with Gasteiger partial charge in [-0.15, -0.1) is 0 Å². The van der Waals surface area contributed by atoms with Gasteiger partial charge in [-0.05, 0) is 26.7 Å². The summed E-state index contributed by atoms with van der Waals surface area (Å²) in [6.45, 7) is 4.98. The van der Waals surface area contributed by atoms with Crippen LogP contribution in [0.1, 0.15) is 26.7 Å². The molecule has 1 aliphatic rings. The van der Waals surface area contributed by atoms with E-state index in [0.29, 0.717) is 25.9 Å². The second kappa shape index (κ2) is 6.60. The molecule has 21 heavy (non-hydrogen) atoms. The van der Waals surface area contributed by atoms with E-state index in [4.69, 9.17) is 5.11 Å². The van der Waals surface area contributed by atoms with Crippen molar-refractivity contribution in [3.63, 3.8) is 0 Å². The zero-order chi connectivity index (χ0) is 15.4. The van der Waals surface area contributed by atoms with Gasteiger partial charge in [-0.2, -0.15) is 0 Å². The smallest absolute Gasteiger partial charge is 0.317 e. The highest BCUT2D eigenvalue weighted by Crippen LogP contribution is 2.23. The van der Waals surface area contributed by atoms with Crippen LogP contribution >= 0.6 is 0 Å². The Labute approximate surface area is 124 Å². The molecular formula is C14H22N4O3. The number of imidazole rings is 1. The van der Waals surface area contributed by atoms with Crippen LogP contribution in [0.3, 0.4) is 0 Å². The van der Waals surface area contributed by atoms with Crippen molar-refractivity contribution in [1.82, 2.24) is 19.8 Å². The minimum absolute atomic E-state index is 0.0175. The van der Waals surface area contributed by atoms with E-state index in [2.05, 4.69) is 10.3 Å². The molecule has 0 saturated carbocycles. The molecule has 1 aromatic rings. The average molecular weight is 294 g/mol. The molecule has 7 nitrogen and oxygen atoms in total. The maximum atomic E-state index is 12.3. The van der Waals surface area contributed by atoms with Crippen LogP contribution in [0, 0.1) is 5.92 Å². The number of carboxylic acids is 1. The van der Waals surface area contributed by atoms with Crippen LogP contribution in [0.15, 0.2) is 18.7 Å². The molecule has 0 bridgehead atoms. The van der Waals surface area contributed by atoms with Gasteiger partial charge in [0.25, 0.3) is 0 Å². The normalized spacial score (nSPS) is 23.6. The van der Waals surface area contributed by atoms with Crippen LogP contribution in [0.25, 0.3) is 0 Å². The summed E-state index contributed by atoms with van der Waals surface area (Å²) in [6.07, 6.45) is 6.29. The summed E-state index contributed by atoms with van der Waals surface area (Å²) in [6, 6.07) is -0.199. The minimum atomic E-state index is -0.768. The zero-order valence-corrected chi connectivity index (χ0v) is 12.4. The maximum Gasteiger partial charge on any atom is 0.317 e. The van der Waals surface area contributed by atoms with Crippen LogP contribution in [0.4, 0.5) is 4.79 Å². The third-order valence-corrected chi connectivity index (χ3v) is 3.90. The van der Waals surface area contributed by atoms with Crippen molar-refractivity contribution in [2.75, 3.05) is 6.54 Å². The number of carboxylic acid groups (broad SMARTS) is 1. The molecule has 0 radical (unpaired) electrons. The number of piperidine rings is 1. The van der Waals surface area contributed by atoms with Gasteiger partial charge in [0.2, 0.25) is 0 Å². The quantitative estimate of drug-likeness (QED) is 0.872. The molecule has 7 heteroatoms. The third kappa shape index (κ3) is 3.96. The molecule has 2 heterocycles. The molecule has 0 aliphatic carbocycles. The maximum absolute atomic E-state index is 12.3. The van der Waals surface area contributed by atoms with Crippen molar-refractivity contribution in [2.24, 2.45) is 5.92 Å². The summed E-state index contributed by atoms with van der Waals surface area (Å²) in [4.78, 5) is 29.0. The standard InChI is InChI=1S/C14H22N4O3/c1-10(8-17-6-4-15-9-17)16-14(21)18-5-3-12(13(19)20)7-11(18)2/h4,6,9-12H,3,5,7-8H2,1-2H3,(H,16,21)(H,19,20). The van der Waals surface area contributed by atoms with Gasteiger partial charge >= 0.3 is 12.0 Å². The third-order valence-electron chi connectivity index (χ3n) is 3.90. The molecular weight excluding hydrogens is 272 g/mol. The molecule has 2 N–H and O–H groups in total. The van der Waals surface area contributed by atoms with Crippen LogP contribution in [0.5, 0.6) is 0 Å². The lowest BCUT2D eigenvalue weighted by atomic mass is 9.92. The van der Waals surface area contributed by atoms with Gasteiger partial charge in [0.15, 0.2) is 0 Å². The number of urea groups is 1. The minimum Gasteiger partial charge on any atom is -0.481 e. The van der Waals surface area contributed by atoms with E-state index in [1.807, 2.05) is 24.6 Å². The summed E-state index contributed by atoms with van der Waals surface area (Å²) < 4.78 is 1.91. The van der Waals surface area contributed by atoms with Crippen LogP contribution in [-0.4, -0.2) is 50.2 Å². The fourth-order valence-corrected chi connectivity index (χ4v) is 2.75. The SMILES string of the molecule is CC(Cn1ccnc1)NC(=O)N1CCC(C(=O)O)CC1C. The number of amides is 2. The van der Waals surface area contributed by atoms with Crippen molar-refractivity contribution in [1.29, 1.82) is 0 Å². The van der Waals surface area contributed by atoms with Crippen molar-refractivity contribution < 1.29 is 14.7 Å². The number of aliphatic carboxylic acids is 1. The van der Waals surface area contributed by atoms with Gasteiger partial charge in [0.05, 0.1) is 12.2 Å². The number of rotatable bonds is 4. The van der Waals surface area contributed by atoms with Gasteiger partial charge < -0.3 is 19.9 Å². The molecule has 1 aliphatic heterocycles. The molecule has 2 amide bonds. The monoisotopic (exact) mass is 294 g/mol. The van der Waals surface area contributed by atoms with E-state index in [-0.39, 0.29) is 24.0 Å². The number of hydrogen-bond acceptors (Lipinski definition) is 3. The van der Waals surface area contributed by atoms with Crippen molar-refractivity contribution in [3.05, 3.63) is 18.7 Å². The Balaban J connectivity index is 1.84. The van der Waals surface area contributed by atoms with E-state index in [1.54, 1.807) is 17.4 Å². The Morgan fingerprint density at radius 1 is 1.52 bits per heavy atom. The predicted molar refractivity (Wildman–Crippen MR) is 76.7 cm³/mol. The van der Waals surface area contributed by atoms with Crippen LogP contribution in [0.2, 0.25) is 0 Å². The first-order chi connectivity index (χ1) is 9.97. The Morgan fingerprint density at radius 2 is 2.29 bits per heavy atom. The van der Waals surface area contributed by atoms with Gasteiger partial charge in [0.1, 0.15) is 0 Å². The van der Waals surface area contributed by atoms with Crippen LogP contribution < -0.4 is 5.32 Å². The van der Waals surface area contributed by atoms with Crippen molar-refractivity contribution in [2.45, 2.75) is 45.3 Å². The van der Waals surface area contributed by atoms with Crippen molar-refractivity contribution >= 4 is 12.0 Å². The van der Waals surface area contributed by atoms with E-state index in [9.17, 15) is 9.59 Å². The highest BCUT2D eigenvalue weighted by Gasteiger charge is 2.32. The summed E-state index contributed by atoms with van der Waals surface area (Å²) in [7, 11) is 0. The molecule has 116 valence electrons. The molecule has 3 unspecified atom stereocenters. The molecule has 3 atom stereocenters. The van der Waals surface area contributed by atoms with Gasteiger partial charge in [-0.1, -0.05) is 0 Å². The second-order valence-electron chi connectivity index (χ2n) is 5.71. The Bertz CT molecular complexity index is 488. The van der Waals surface area contributed by atoms with E-state index < -0.39 is 5.97 Å². The molecule has 1 fully saturated rings.